The number of fused-ring (bicyclic) bond motifs is 1. The number of rotatable bonds is 6. The van der Waals surface area contributed by atoms with Gasteiger partial charge in [0.2, 0.25) is 11.8 Å². The number of hydrogen-bond donors (Lipinski definition) is 2. The molecule has 0 unspecified atom stereocenters. The first-order chi connectivity index (χ1) is 11.7. The van der Waals surface area contributed by atoms with E-state index in [0.29, 0.717) is 24.3 Å². The van der Waals surface area contributed by atoms with Crippen LogP contribution in [0.3, 0.4) is 0 Å². The first kappa shape index (κ1) is 18.8. The van der Waals surface area contributed by atoms with Crippen LogP contribution in [0.1, 0.15) is 31.2 Å². The smallest absolute Gasteiger partial charge is 0.356 e. The number of aromatic nitrogens is 2. The van der Waals surface area contributed by atoms with Crippen molar-refractivity contribution in [2.24, 2.45) is 7.05 Å². The second-order valence-corrected chi connectivity index (χ2v) is 5.65. The van der Waals surface area contributed by atoms with Gasteiger partial charge in [0.15, 0.2) is 0 Å². The summed E-state index contributed by atoms with van der Waals surface area (Å²) < 4.78 is 39.9. The summed E-state index contributed by atoms with van der Waals surface area (Å²) in [6.45, 7) is 1.93. The molecule has 9 heteroatoms. The third-order valence-electron chi connectivity index (χ3n) is 3.70. The topological polar surface area (TPSA) is 76.0 Å². The number of alkyl halides is 3. The van der Waals surface area contributed by atoms with Gasteiger partial charge in [0.1, 0.15) is 5.82 Å². The first-order valence-electron chi connectivity index (χ1n) is 7.72. The van der Waals surface area contributed by atoms with E-state index in [9.17, 15) is 22.8 Å². The summed E-state index contributed by atoms with van der Waals surface area (Å²) in [6.07, 6.45) is -3.68. The van der Waals surface area contributed by atoms with Gasteiger partial charge in [0, 0.05) is 26.9 Å². The summed E-state index contributed by atoms with van der Waals surface area (Å²) in [5.41, 5.74) is 0.0294. The van der Waals surface area contributed by atoms with Crippen LogP contribution in [-0.4, -0.2) is 27.9 Å². The molecule has 0 aliphatic carbocycles. The van der Waals surface area contributed by atoms with Crippen LogP contribution in [0, 0.1) is 0 Å². The van der Waals surface area contributed by atoms with E-state index in [1.54, 1.807) is 11.6 Å². The Labute approximate surface area is 142 Å². The van der Waals surface area contributed by atoms with Crippen molar-refractivity contribution in [2.45, 2.75) is 32.5 Å². The maximum atomic E-state index is 12.8. The average Bonchev–Trinajstić information content (AvgIpc) is 2.84. The van der Waals surface area contributed by atoms with Crippen molar-refractivity contribution >= 4 is 22.8 Å². The molecule has 1 aromatic carbocycles. The maximum absolute atomic E-state index is 12.8. The summed E-state index contributed by atoms with van der Waals surface area (Å²) >= 11 is 0. The van der Waals surface area contributed by atoms with Gasteiger partial charge in [0.25, 0.3) is 0 Å². The van der Waals surface area contributed by atoms with E-state index >= 15 is 0 Å². The fourth-order valence-corrected chi connectivity index (χ4v) is 2.36. The molecule has 0 spiro atoms. The molecule has 0 saturated carbocycles. The molecular weight excluding hydrogens is 337 g/mol. The molecule has 136 valence electrons. The van der Waals surface area contributed by atoms with Gasteiger partial charge in [-0.15, -0.1) is 0 Å². The van der Waals surface area contributed by atoms with E-state index in [0.717, 1.165) is 12.1 Å². The maximum Gasteiger partial charge on any atom is 0.416 e. The fourth-order valence-electron chi connectivity index (χ4n) is 2.36. The van der Waals surface area contributed by atoms with Gasteiger partial charge >= 0.3 is 6.18 Å². The minimum atomic E-state index is -4.42. The molecule has 2 aromatic rings. The molecule has 1 heterocycles. The third-order valence-corrected chi connectivity index (χ3v) is 3.70. The fraction of sp³-hybridized carbons (Fsp3) is 0.438. The number of halogens is 3. The predicted octanol–water partition coefficient (Wildman–Crippen LogP) is 2.12. The average molecular weight is 356 g/mol. The lowest BCUT2D eigenvalue weighted by atomic mass is 10.2. The highest BCUT2D eigenvalue weighted by molar-refractivity contribution is 5.78. The van der Waals surface area contributed by atoms with Gasteiger partial charge in [-0.1, -0.05) is 0 Å². The zero-order chi connectivity index (χ0) is 18.6. The third kappa shape index (κ3) is 4.94. The monoisotopic (exact) mass is 356 g/mol. The molecule has 0 aliphatic heterocycles. The molecular formula is C16H19F3N4O2. The van der Waals surface area contributed by atoms with E-state index in [2.05, 4.69) is 15.6 Å². The molecule has 0 atom stereocenters. The molecule has 25 heavy (non-hydrogen) atoms. The zero-order valence-corrected chi connectivity index (χ0v) is 13.9. The Morgan fingerprint density at radius 2 is 1.96 bits per heavy atom. The van der Waals surface area contributed by atoms with Gasteiger partial charge in [-0.3, -0.25) is 9.59 Å². The number of imidazole rings is 1. The van der Waals surface area contributed by atoms with Gasteiger partial charge in [-0.25, -0.2) is 4.98 Å². The van der Waals surface area contributed by atoms with Crippen molar-refractivity contribution in [3.63, 3.8) is 0 Å². The highest BCUT2D eigenvalue weighted by atomic mass is 19.4. The van der Waals surface area contributed by atoms with E-state index in [4.69, 9.17) is 0 Å². The second-order valence-electron chi connectivity index (χ2n) is 5.65. The number of nitrogens with zero attached hydrogens (tertiary/aromatic N) is 2. The number of carbonyl (C=O) groups is 2. The lowest BCUT2D eigenvalue weighted by molar-refractivity contribution is -0.137. The van der Waals surface area contributed by atoms with Crippen LogP contribution in [0.2, 0.25) is 0 Å². The highest BCUT2D eigenvalue weighted by Gasteiger charge is 2.31. The highest BCUT2D eigenvalue weighted by Crippen LogP contribution is 2.31. The van der Waals surface area contributed by atoms with Gasteiger partial charge in [0.05, 0.1) is 23.1 Å². The Bertz CT molecular complexity index is 784. The van der Waals surface area contributed by atoms with Crippen molar-refractivity contribution in [1.82, 2.24) is 20.2 Å². The van der Waals surface area contributed by atoms with E-state index in [1.807, 2.05) is 0 Å². The van der Waals surface area contributed by atoms with Crippen LogP contribution in [0.5, 0.6) is 0 Å². The number of amides is 2. The quantitative estimate of drug-likeness (QED) is 0.779. The molecule has 2 rings (SSSR count). The minimum Gasteiger partial charge on any atom is -0.356 e. The minimum absolute atomic E-state index is 0.117. The molecule has 2 N–H and O–H groups in total. The van der Waals surface area contributed by atoms with Crippen LogP contribution >= 0.6 is 0 Å². The summed E-state index contributed by atoms with van der Waals surface area (Å²) in [6, 6.07) is 3.37. The Morgan fingerprint density at radius 3 is 2.60 bits per heavy atom. The molecule has 1 aromatic heterocycles. The first-order valence-corrected chi connectivity index (χ1v) is 7.72. The molecule has 0 bridgehead atoms. The number of hydrogen-bond acceptors (Lipinski definition) is 3. The van der Waals surface area contributed by atoms with Crippen molar-refractivity contribution < 1.29 is 22.8 Å². The van der Waals surface area contributed by atoms with Crippen LogP contribution in [0.15, 0.2) is 18.2 Å². The summed E-state index contributed by atoms with van der Waals surface area (Å²) in [4.78, 5) is 26.6. The van der Waals surface area contributed by atoms with Crippen LogP contribution in [0.25, 0.3) is 11.0 Å². The summed E-state index contributed by atoms with van der Waals surface area (Å²) in [5.74, 6) is 0.0938. The second kappa shape index (κ2) is 7.54. The van der Waals surface area contributed by atoms with Crippen LogP contribution in [-0.2, 0) is 29.4 Å². The predicted molar refractivity (Wildman–Crippen MR) is 85.5 cm³/mol. The number of benzene rings is 1. The molecule has 0 fully saturated rings. The van der Waals surface area contributed by atoms with Crippen molar-refractivity contribution in [1.29, 1.82) is 0 Å². The number of carbonyl (C=O) groups excluding carboxylic acids is 2. The van der Waals surface area contributed by atoms with Crippen molar-refractivity contribution in [3.8, 4) is 0 Å². The summed E-state index contributed by atoms with van der Waals surface area (Å²) in [5, 5.41) is 5.27. The molecule has 0 saturated heterocycles. The van der Waals surface area contributed by atoms with E-state index in [1.165, 1.54) is 13.0 Å². The summed E-state index contributed by atoms with van der Waals surface area (Å²) in [7, 11) is 1.68. The lowest BCUT2D eigenvalue weighted by Gasteiger charge is -2.06. The van der Waals surface area contributed by atoms with Crippen molar-refractivity contribution in [2.75, 3.05) is 6.54 Å². The molecule has 0 radical (unpaired) electrons. The van der Waals surface area contributed by atoms with Gasteiger partial charge in [-0.2, -0.15) is 13.2 Å². The standard InChI is InChI=1S/C16H19F3N4O2/c1-10(24)20-7-3-4-15(25)21-9-14-22-12-8-11(16(17,18)19)5-6-13(12)23(14)2/h5-6,8H,3-4,7,9H2,1-2H3,(H,20,24)(H,21,25). The van der Waals surface area contributed by atoms with Crippen LogP contribution in [0.4, 0.5) is 13.2 Å². The van der Waals surface area contributed by atoms with E-state index in [-0.39, 0.29) is 30.3 Å². The lowest BCUT2D eigenvalue weighted by Crippen LogP contribution is -2.26. The number of aryl methyl sites for hydroxylation is 1. The number of nitrogens with one attached hydrogen (secondary N) is 2. The van der Waals surface area contributed by atoms with Gasteiger partial charge in [-0.05, 0) is 24.6 Å². The zero-order valence-electron chi connectivity index (χ0n) is 13.9. The Hall–Kier alpha value is -2.58. The van der Waals surface area contributed by atoms with Crippen molar-refractivity contribution in [3.05, 3.63) is 29.6 Å². The Morgan fingerprint density at radius 1 is 1.24 bits per heavy atom. The van der Waals surface area contributed by atoms with Gasteiger partial charge < -0.3 is 15.2 Å². The molecule has 0 aliphatic rings. The van der Waals surface area contributed by atoms with Crippen LogP contribution < -0.4 is 10.6 Å². The molecule has 6 nitrogen and oxygen atoms in total. The van der Waals surface area contributed by atoms with E-state index < -0.39 is 11.7 Å². The largest absolute Gasteiger partial charge is 0.416 e. The molecule has 2 amide bonds. The normalized spacial score (nSPS) is 11.6. The Balaban J connectivity index is 1.98. The SMILES string of the molecule is CC(=O)NCCCC(=O)NCc1nc2cc(C(F)(F)F)ccc2n1C. The Kier molecular flexibility index (Phi) is 5.66.